The molecule has 0 saturated heterocycles. The molecule has 30 heavy (non-hydrogen) atoms. The van der Waals surface area contributed by atoms with Crippen molar-refractivity contribution in [2.45, 2.75) is 23.6 Å². The van der Waals surface area contributed by atoms with Crippen molar-refractivity contribution in [3.05, 3.63) is 53.6 Å². The fraction of sp³-hybridized carbons (Fsp3) is 0.167. The molecular formula is C18H17NNa2O7S2. The molecule has 0 aliphatic carbocycles. The van der Waals surface area contributed by atoms with Gasteiger partial charge in [-0.2, -0.15) is 0 Å². The summed E-state index contributed by atoms with van der Waals surface area (Å²) in [6.07, 6.45) is 2.43. The Morgan fingerprint density at radius 1 is 0.867 bits per heavy atom. The molecule has 1 amide bonds. The summed E-state index contributed by atoms with van der Waals surface area (Å²) < 4.78 is 68.8. The average molecular weight is 469 g/mol. The number of carbonyl (C=O) groups is 1. The third-order valence-electron chi connectivity index (χ3n) is 3.71. The van der Waals surface area contributed by atoms with Gasteiger partial charge in [0.15, 0.2) is 0 Å². The summed E-state index contributed by atoms with van der Waals surface area (Å²) in [4.78, 5) is 10.7. The molecule has 0 radical (unpaired) electrons. The summed E-state index contributed by atoms with van der Waals surface area (Å²) in [7, 11) is -9.62. The second kappa shape index (κ2) is 11.9. The van der Waals surface area contributed by atoms with E-state index in [0.717, 1.165) is 12.1 Å². The Kier molecular flexibility index (Phi) is 11.7. The molecule has 0 heterocycles. The molecule has 150 valence electrons. The maximum atomic E-state index is 11.8. The standard InChI is InChI=1S/C18H19NO7S2.2Na/c1-12(2)18(20)19-15-10-9-14(17(11-15)28(24,25)26)8-7-13-5-3-4-6-16(13)27(21,22)23;;/h3-12H,1-2H3,(H,19,20)(H,21,22,23)(H,24,25,26);;/q;2*+1/p-2/b8-7+;;. The zero-order valence-electron chi connectivity index (χ0n) is 16.9. The Hall–Kier alpha value is -0.530. The van der Waals surface area contributed by atoms with Crippen LogP contribution in [0, 0.1) is 5.92 Å². The van der Waals surface area contributed by atoms with Gasteiger partial charge in [-0.3, -0.25) is 4.79 Å². The summed E-state index contributed by atoms with van der Waals surface area (Å²) in [5, 5.41) is 2.50. The molecule has 2 rings (SSSR count). The zero-order valence-corrected chi connectivity index (χ0v) is 22.6. The first-order valence-corrected chi connectivity index (χ1v) is 10.8. The van der Waals surface area contributed by atoms with Gasteiger partial charge in [0.2, 0.25) is 5.91 Å². The maximum absolute atomic E-state index is 11.8. The van der Waals surface area contributed by atoms with Crippen molar-refractivity contribution < 1.29 is 89.9 Å². The van der Waals surface area contributed by atoms with Gasteiger partial charge in [0.25, 0.3) is 0 Å². The SMILES string of the molecule is CC(C)C(=O)Nc1ccc(/C=C/c2ccccc2S(=O)(=O)[O-])c(S(=O)(=O)[O-])c1.[Na+].[Na+]. The quantitative estimate of drug-likeness (QED) is 0.260. The van der Waals surface area contributed by atoms with Gasteiger partial charge in [-0.05, 0) is 29.3 Å². The maximum Gasteiger partial charge on any atom is 1.00 e. The van der Waals surface area contributed by atoms with E-state index in [1.807, 2.05) is 0 Å². The first-order valence-electron chi connectivity index (χ1n) is 8.03. The van der Waals surface area contributed by atoms with Crippen molar-refractivity contribution in [2.24, 2.45) is 5.92 Å². The van der Waals surface area contributed by atoms with Crippen molar-refractivity contribution in [3.8, 4) is 0 Å². The van der Waals surface area contributed by atoms with E-state index in [1.54, 1.807) is 13.8 Å². The van der Waals surface area contributed by atoms with E-state index >= 15 is 0 Å². The molecular weight excluding hydrogens is 452 g/mol. The molecule has 0 saturated carbocycles. The van der Waals surface area contributed by atoms with Gasteiger partial charge in [-0.1, -0.05) is 50.3 Å². The van der Waals surface area contributed by atoms with Gasteiger partial charge in [0.1, 0.15) is 20.2 Å². The third kappa shape index (κ3) is 8.19. The number of hydrogen-bond donors (Lipinski definition) is 1. The average Bonchev–Trinajstić information content (AvgIpc) is 2.59. The topological polar surface area (TPSA) is 144 Å². The summed E-state index contributed by atoms with van der Waals surface area (Å²) in [6, 6.07) is 9.10. The van der Waals surface area contributed by atoms with Crippen LogP contribution in [-0.4, -0.2) is 31.8 Å². The summed E-state index contributed by atoms with van der Waals surface area (Å²) in [6.45, 7) is 3.30. The Balaban J connectivity index is 0.00000420. The summed E-state index contributed by atoms with van der Waals surface area (Å²) >= 11 is 0. The van der Waals surface area contributed by atoms with Crippen molar-refractivity contribution in [1.29, 1.82) is 0 Å². The normalized spacial score (nSPS) is 11.6. The van der Waals surface area contributed by atoms with Gasteiger partial charge in [-0.15, -0.1) is 0 Å². The minimum absolute atomic E-state index is 0. The molecule has 2 aromatic rings. The van der Waals surface area contributed by atoms with Crippen molar-refractivity contribution >= 4 is 44.0 Å². The van der Waals surface area contributed by atoms with Crippen molar-refractivity contribution in [2.75, 3.05) is 5.32 Å². The predicted octanol–water partition coefficient (Wildman–Crippen LogP) is -3.73. The number of carbonyl (C=O) groups excluding carboxylic acids is 1. The molecule has 0 spiro atoms. The van der Waals surface area contributed by atoms with E-state index in [-0.39, 0.29) is 87.8 Å². The van der Waals surface area contributed by atoms with E-state index in [1.165, 1.54) is 42.5 Å². The minimum atomic E-state index is -4.89. The number of anilines is 1. The Morgan fingerprint density at radius 2 is 1.37 bits per heavy atom. The van der Waals surface area contributed by atoms with Crippen LogP contribution in [0.2, 0.25) is 0 Å². The van der Waals surface area contributed by atoms with Crippen LogP contribution >= 0.6 is 0 Å². The molecule has 0 fully saturated rings. The van der Waals surface area contributed by atoms with Crippen LogP contribution in [0.15, 0.2) is 52.3 Å². The Bertz CT molecular complexity index is 1140. The fourth-order valence-electron chi connectivity index (χ4n) is 2.28. The van der Waals surface area contributed by atoms with Gasteiger partial charge in [-0.25, -0.2) is 16.8 Å². The van der Waals surface area contributed by atoms with Crippen LogP contribution in [0.1, 0.15) is 25.0 Å². The van der Waals surface area contributed by atoms with Crippen LogP contribution in [0.25, 0.3) is 12.2 Å². The second-order valence-corrected chi connectivity index (χ2v) is 8.87. The van der Waals surface area contributed by atoms with E-state index in [4.69, 9.17) is 0 Å². The Morgan fingerprint density at radius 3 is 1.87 bits per heavy atom. The zero-order chi connectivity index (χ0) is 21.1. The van der Waals surface area contributed by atoms with Gasteiger partial charge >= 0.3 is 59.1 Å². The molecule has 12 heteroatoms. The van der Waals surface area contributed by atoms with Gasteiger partial charge < -0.3 is 14.4 Å². The number of amides is 1. The first kappa shape index (κ1) is 29.5. The van der Waals surface area contributed by atoms with Gasteiger partial charge in [0.05, 0.1) is 9.79 Å². The smallest absolute Gasteiger partial charge is 0.744 e. The molecule has 0 aliphatic heterocycles. The van der Waals surface area contributed by atoms with E-state index in [9.17, 15) is 30.7 Å². The van der Waals surface area contributed by atoms with E-state index in [2.05, 4.69) is 5.32 Å². The number of benzene rings is 2. The molecule has 0 aliphatic rings. The molecule has 2 aromatic carbocycles. The van der Waals surface area contributed by atoms with Crippen LogP contribution in [-0.2, 0) is 25.0 Å². The van der Waals surface area contributed by atoms with E-state index < -0.39 is 30.0 Å². The van der Waals surface area contributed by atoms with Gasteiger partial charge in [0, 0.05) is 11.6 Å². The molecule has 8 nitrogen and oxygen atoms in total. The van der Waals surface area contributed by atoms with E-state index in [0.29, 0.717) is 0 Å². The number of hydrogen-bond acceptors (Lipinski definition) is 7. The molecule has 0 atom stereocenters. The number of rotatable bonds is 6. The molecule has 0 aromatic heterocycles. The van der Waals surface area contributed by atoms with Crippen molar-refractivity contribution in [3.63, 3.8) is 0 Å². The largest absolute Gasteiger partial charge is 1.00 e. The molecule has 0 unspecified atom stereocenters. The Labute approximate surface area is 220 Å². The monoisotopic (exact) mass is 469 g/mol. The molecule has 1 N–H and O–H groups in total. The van der Waals surface area contributed by atoms with Crippen LogP contribution in [0.3, 0.4) is 0 Å². The van der Waals surface area contributed by atoms with Crippen LogP contribution < -0.4 is 64.4 Å². The predicted molar refractivity (Wildman–Crippen MR) is 101 cm³/mol. The second-order valence-electron chi connectivity index (χ2n) is 6.18. The van der Waals surface area contributed by atoms with Crippen LogP contribution in [0.4, 0.5) is 5.69 Å². The summed E-state index contributed by atoms with van der Waals surface area (Å²) in [5.41, 5.74) is 0.160. The summed E-state index contributed by atoms with van der Waals surface area (Å²) in [5.74, 6) is -0.704. The first-order chi connectivity index (χ1) is 12.9. The third-order valence-corrected chi connectivity index (χ3v) is 5.51. The fourth-order valence-corrected chi connectivity index (χ4v) is 3.64. The van der Waals surface area contributed by atoms with Crippen LogP contribution in [0.5, 0.6) is 0 Å². The van der Waals surface area contributed by atoms with Crippen molar-refractivity contribution in [1.82, 2.24) is 0 Å². The minimum Gasteiger partial charge on any atom is -0.744 e. The molecule has 0 bridgehead atoms. The number of nitrogens with one attached hydrogen (secondary N) is 1.